The highest BCUT2D eigenvalue weighted by molar-refractivity contribution is 5.96. The number of ether oxygens (including phenoxy) is 3. The first-order chi connectivity index (χ1) is 35.9. The number of nitrogens with two attached hydrogens (primary N) is 1. The van der Waals surface area contributed by atoms with E-state index in [-0.39, 0.29) is 100.0 Å². The van der Waals surface area contributed by atoms with Gasteiger partial charge >= 0.3 is 0 Å². The Morgan fingerprint density at radius 3 is 1.03 bits per heavy atom. The second-order valence-corrected chi connectivity index (χ2v) is 21.5. The summed E-state index contributed by atoms with van der Waals surface area (Å²) in [5.74, 6) is -2.62. The van der Waals surface area contributed by atoms with E-state index < -0.39 is 93.8 Å². The van der Waals surface area contributed by atoms with Crippen LogP contribution in [-0.4, -0.2) is 146 Å². The van der Waals surface area contributed by atoms with Crippen LogP contribution in [0.2, 0.25) is 0 Å². The van der Waals surface area contributed by atoms with Gasteiger partial charge in [-0.3, -0.25) is 28.8 Å². The highest BCUT2D eigenvalue weighted by Gasteiger charge is 2.67. The lowest BCUT2D eigenvalue weighted by molar-refractivity contribution is -0.192. The summed E-state index contributed by atoms with van der Waals surface area (Å²) in [4.78, 5) is 84.1. The highest BCUT2D eigenvalue weighted by Crippen LogP contribution is 2.73. The summed E-state index contributed by atoms with van der Waals surface area (Å²) in [7, 11) is 0. The van der Waals surface area contributed by atoms with Gasteiger partial charge in [0, 0.05) is 56.4 Å². The molecule has 0 radical (unpaired) electrons. The molecular formula is C53H79N7O15. The molecule has 416 valence electrons. The van der Waals surface area contributed by atoms with Crippen molar-refractivity contribution in [3.8, 4) is 17.2 Å². The molecule has 22 heteroatoms. The number of unbranched alkanes of at least 4 members (excludes halogenated alkanes) is 3. The van der Waals surface area contributed by atoms with Gasteiger partial charge in [-0.2, -0.15) is 0 Å². The van der Waals surface area contributed by atoms with Crippen molar-refractivity contribution in [1.29, 1.82) is 0 Å². The van der Waals surface area contributed by atoms with Crippen molar-refractivity contribution in [3.63, 3.8) is 0 Å². The van der Waals surface area contributed by atoms with Crippen LogP contribution in [0.15, 0.2) is 51.2 Å². The first-order valence-corrected chi connectivity index (χ1v) is 26.4. The number of nitrogens with one attached hydrogen (secondary N) is 3. The molecule has 7 rings (SSSR count). The summed E-state index contributed by atoms with van der Waals surface area (Å²) in [6.07, 6.45) is 7.24. The number of hydrogen-bond acceptors (Lipinski definition) is 16. The van der Waals surface area contributed by atoms with Gasteiger partial charge in [-0.1, -0.05) is 40.0 Å². The number of rotatable bonds is 31. The molecule has 3 heterocycles. The molecule has 4 bridgehead atoms. The van der Waals surface area contributed by atoms with E-state index >= 15 is 0 Å². The molecule has 0 aliphatic heterocycles. The monoisotopic (exact) mass is 1050 g/mol. The smallest absolute Gasteiger partial charge is 0.271 e. The Balaban J connectivity index is 1.41. The number of aliphatic hydroxyl groups excluding tert-OH is 6. The SMILES string of the molecule is CCCCOc1c(C(=O)NCC23CC4(CN)CC(CNC(=O)c5c(OCCCC)c(=O)ccn5CC(O)CO)(C2)CC(CNC(=O)c2c(OCCCC)c(=O)ccn2CC(O)CO)(C4)C3)n(CC(O)CO)ccc1=O. The van der Waals surface area contributed by atoms with Gasteiger partial charge in [-0.05, 0) is 86.0 Å². The highest BCUT2D eigenvalue weighted by atomic mass is 16.5. The van der Waals surface area contributed by atoms with E-state index in [1.54, 1.807) is 0 Å². The van der Waals surface area contributed by atoms with Crippen LogP contribution >= 0.6 is 0 Å². The molecule has 22 nitrogen and oxygen atoms in total. The fourth-order valence-electron chi connectivity index (χ4n) is 12.4. The Morgan fingerprint density at radius 1 is 0.520 bits per heavy atom. The maximum atomic E-state index is 14.7. The lowest BCUT2D eigenvalue weighted by atomic mass is 9.35. The Morgan fingerprint density at radius 2 is 0.787 bits per heavy atom. The van der Waals surface area contributed by atoms with Crippen LogP contribution in [-0.2, 0) is 19.6 Å². The van der Waals surface area contributed by atoms with Gasteiger partial charge < -0.3 is 80.2 Å². The maximum Gasteiger partial charge on any atom is 0.271 e. The largest absolute Gasteiger partial charge is 0.487 e. The molecule has 4 fully saturated rings. The van der Waals surface area contributed by atoms with Gasteiger partial charge in [0.05, 0.1) is 77.6 Å². The summed E-state index contributed by atoms with van der Waals surface area (Å²) in [6.45, 7) is 4.08. The average Bonchev–Trinajstić information content (AvgIpc) is 3.39. The zero-order valence-corrected chi connectivity index (χ0v) is 43.7. The van der Waals surface area contributed by atoms with Crippen LogP contribution < -0.4 is 52.2 Å². The number of aromatic nitrogens is 3. The van der Waals surface area contributed by atoms with Crippen molar-refractivity contribution >= 4 is 17.7 Å². The fraction of sp³-hybridized carbons (Fsp3) is 0.660. The van der Waals surface area contributed by atoms with Crippen LogP contribution in [0.3, 0.4) is 0 Å². The molecule has 3 amide bonds. The average molecular weight is 1050 g/mol. The third-order valence-electron chi connectivity index (χ3n) is 14.9. The van der Waals surface area contributed by atoms with Crippen molar-refractivity contribution in [2.24, 2.45) is 27.4 Å². The third-order valence-corrected chi connectivity index (χ3v) is 14.9. The van der Waals surface area contributed by atoms with Crippen molar-refractivity contribution in [2.75, 3.05) is 65.8 Å². The van der Waals surface area contributed by atoms with Gasteiger partial charge in [-0.25, -0.2) is 0 Å². The Hall–Kier alpha value is -5.62. The Bertz CT molecular complexity index is 2350. The van der Waals surface area contributed by atoms with E-state index in [1.165, 1.54) is 50.5 Å². The number of nitrogens with zero attached hydrogens (tertiary/aromatic N) is 3. The number of carbonyl (C=O) groups is 3. The van der Waals surface area contributed by atoms with Crippen molar-refractivity contribution in [3.05, 3.63) is 84.5 Å². The molecule has 4 saturated carbocycles. The van der Waals surface area contributed by atoms with Gasteiger partial charge in [0.25, 0.3) is 17.7 Å². The van der Waals surface area contributed by atoms with E-state index in [9.17, 15) is 59.4 Å². The normalized spacial score (nSPS) is 22.8. The minimum Gasteiger partial charge on any atom is -0.487 e. The molecule has 3 aromatic rings. The van der Waals surface area contributed by atoms with E-state index in [2.05, 4.69) is 16.0 Å². The second kappa shape index (κ2) is 25.9. The summed E-state index contributed by atoms with van der Waals surface area (Å²) in [5.41, 5.74) is 1.89. The number of pyridine rings is 3. The van der Waals surface area contributed by atoms with Gasteiger partial charge in [-0.15, -0.1) is 0 Å². The molecule has 3 atom stereocenters. The van der Waals surface area contributed by atoms with Crippen LogP contribution in [0.25, 0.3) is 0 Å². The molecule has 0 spiro atoms. The summed E-state index contributed by atoms with van der Waals surface area (Å²) in [5, 5.41) is 70.1. The van der Waals surface area contributed by atoms with Crippen molar-refractivity contribution in [1.82, 2.24) is 29.7 Å². The van der Waals surface area contributed by atoms with Gasteiger partial charge in [0.1, 0.15) is 0 Å². The molecule has 4 aliphatic carbocycles. The number of carbonyl (C=O) groups excluding carboxylic acids is 3. The molecule has 0 saturated heterocycles. The van der Waals surface area contributed by atoms with Crippen LogP contribution in [0.5, 0.6) is 17.2 Å². The van der Waals surface area contributed by atoms with Gasteiger partial charge in [0.15, 0.2) is 34.3 Å². The van der Waals surface area contributed by atoms with Crippen LogP contribution in [0.1, 0.15) is 129 Å². The van der Waals surface area contributed by atoms with Crippen LogP contribution in [0.4, 0.5) is 0 Å². The summed E-state index contributed by atoms with van der Waals surface area (Å²) in [6, 6.07) is 3.70. The fourth-order valence-corrected chi connectivity index (χ4v) is 12.4. The van der Waals surface area contributed by atoms with E-state index in [0.717, 1.165) is 19.3 Å². The lowest BCUT2D eigenvalue weighted by Crippen LogP contribution is -2.68. The Kier molecular flexibility index (Phi) is 20.3. The predicted octanol–water partition coefficient (Wildman–Crippen LogP) is 0.644. The molecule has 75 heavy (non-hydrogen) atoms. The van der Waals surface area contributed by atoms with Crippen molar-refractivity contribution in [2.45, 2.75) is 136 Å². The molecule has 3 aromatic heterocycles. The summed E-state index contributed by atoms with van der Waals surface area (Å²) < 4.78 is 21.9. The third kappa shape index (κ3) is 13.9. The first kappa shape index (κ1) is 58.6. The van der Waals surface area contributed by atoms with Gasteiger partial charge in [0.2, 0.25) is 16.3 Å². The molecular weight excluding hydrogens is 975 g/mol. The maximum absolute atomic E-state index is 14.7. The zero-order chi connectivity index (χ0) is 54.6. The molecule has 4 aliphatic rings. The standard InChI is InChI=1S/C53H79N7O15/c1-4-7-16-73-44-38(67)10-13-58(19-35(64)22-61)41(44)47(70)55-32-51-25-50(31-54)26-52(28-51,33-56-48(71)42-45(74-17-8-5-2)39(68)11-14-59(42)20-36(65)23-62)30-53(27-50,29-51)34-57-49(72)43-46(75-18-9-6-3)40(69)12-15-60(43)21-37(66)24-63/h10-15,35-37,61-66H,4-9,16-34,54H2,1-3H3,(H,55,70)(H,56,71)(H,57,72). The Labute approximate surface area is 436 Å². The zero-order valence-electron chi connectivity index (χ0n) is 43.7. The molecule has 3 unspecified atom stereocenters. The number of amides is 3. The second-order valence-electron chi connectivity index (χ2n) is 21.5. The topological polar surface area (TPSA) is 328 Å². The molecule has 11 N–H and O–H groups in total. The van der Waals surface area contributed by atoms with E-state index in [4.69, 9.17) is 19.9 Å². The van der Waals surface area contributed by atoms with Crippen LogP contribution in [0, 0.1) is 21.7 Å². The number of hydrogen-bond donors (Lipinski definition) is 10. The molecule has 0 aromatic carbocycles. The van der Waals surface area contributed by atoms with Crippen molar-refractivity contribution < 1.29 is 59.2 Å². The van der Waals surface area contributed by atoms with E-state index in [0.29, 0.717) is 57.8 Å². The minimum atomic E-state index is -1.27. The number of aliphatic hydroxyl groups is 6. The first-order valence-electron chi connectivity index (χ1n) is 26.4. The summed E-state index contributed by atoms with van der Waals surface area (Å²) >= 11 is 0. The van der Waals surface area contributed by atoms with E-state index in [1.807, 2.05) is 20.8 Å². The lowest BCUT2D eigenvalue weighted by Gasteiger charge is -2.71. The predicted molar refractivity (Wildman–Crippen MR) is 276 cm³/mol. The minimum absolute atomic E-state index is 0.0401. The quantitative estimate of drug-likeness (QED) is 0.0396.